The molecule has 0 aliphatic carbocycles. The third kappa shape index (κ3) is 5.14. The van der Waals surface area contributed by atoms with Gasteiger partial charge in [-0.25, -0.2) is 27.2 Å². The molecule has 2 aromatic heterocycles. The van der Waals surface area contributed by atoms with Crippen LogP contribution in [0.5, 0.6) is 0 Å². The molecule has 0 unspecified atom stereocenters. The summed E-state index contributed by atoms with van der Waals surface area (Å²) >= 11 is 0. The van der Waals surface area contributed by atoms with Crippen LogP contribution in [0.2, 0.25) is 0 Å². The van der Waals surface area contributed by atoms with E-state index in [4.69, 9.17) is 0 Å². The summed E-state index contributed by atoms with van der Waals surface area (Å²) in [5.41, 5.74) is -1.68. The number of amides is 1. The Labute approximate surface area is 180 Å². The molecule has 1 N–H and O–H groups in total. The lowest BCUT2D eigenvalue weighted by atomic mass is 9.95. The van der Waals surface area contributed by atoms with Gasteiger partial charge >= 0.3 is 6.18 Å². The van der Waals surface area contributed by atoms with E-state index in [-0.39, 0.29) is 29.6 Å². The summed E-state index contributed by atoms with van der Waals surface area (Å²) in [5.74, 6) is -5.22. The number of nitrogens with zero attached hydrogens (tertiary/aromatic N) is 3. The van der Waals surface area contributed by atoms with Gasteiger partial charge in [-0.2, -0.15) is 13.2 Å². The molecule has 32 heavy (non-hydrogen) atoms. The minimum atomic E-state index is -4.79. The zero-order chi connectivity index (χ0) is 23.9. The molecular weight excluding hydrogens is 459 g/mol. The van der Waals surface area contributed by atoms with Crippen LogP contribution < -0.4 is 10.2 Å². The maximum atomic E-state index is 13.9. The van der Waals surface area contributed by atoms with Gasteiger partial charge in [-0.1, -0.05) is 6.92 Å². The standard InChI is InChI=1S/C19H19F5N4O3S/c1-11-10-28(6-4-18(11,20)21)16-14(7-12(9-26-16)19(22,23)24)17(29)27-13-3-5-25-15(8-13)32(2,30)31/h3,5,7-9,11H,4,6,10H2,1-2H3,(H,25,27,29)/t11-/m1/s1. The van der Waals surface area contributed by atoms with Gasteiger partial charge in [0.05, 0.1) is 11.1 Å². The molecule has 0 bridgehead atoms. The first kappa shape index (κ1) is 23.8. The summed E-state index contributed by atoms with van der Waals surface area (Å²) in [6.45, 7) is 0.891. The van der Waals surface area contributed by atoms with Gasteiger partial charge in [0.25, 0.3) is 11.8 Å². The molecule has 1 aliphatic rings. The molecule has 7 nitrogen and oxygen atoms in total. The summed E-state index contributed by atoms with van der Waals surface area (Å²) in [5, 5.41) is 1.99. The Hall–Kier alpha value is -2.83. The number of anilines is 2. The monoisotopic (exact) mass is 478 g/mol. The first-order chi connectivity index (χ1) is 14.7. The molecule has 3 rings (SSSR count). The van der Waals surface area contributed by atoms with Crippen molar-refractivity contribution in [1.82, 2.24) is 9.97 Å². The molecular formula is C19H19F5N4O3S. The van der Waals surface area contributed by atoms with E-state index in [1.165, 1.54) is 17.9 Å². The fourth-order valence-electron chi connectivity index (χ4n) is 3.20. The van der Waals surface area contributed by atoms with Gasteiger partial charge in [-0.15, -0.1) is 0 Å². The summed E-state index contributed by atoms with van der Waals surface area (Å²) in [4.78, 5) is 21.6. The lowest BCUT2D eigenvalue weighted by molar-refractivity contribution is -0.137. The van der Waals surface area contributed by atoms with Crippen LogP contribution in [0.15, 0.2) is 35.6 Å². The number of halogens is 5. The molecule has 13 heteroatoms. The van der Waals surface area contributed by atoms with Crippen molar-refractivity contribution >= 4 is 27.2 Å². The number of hydrogen-bond acceptors (Lipinski definition) is 6. The fraction of sp³-hybridized carbons (Fsp3) is 0.421. The van der Waals surface area contributed by atoms with Crippen molar-refractivity contribution in [3.05, 3.63) is 41.7 Å². The SMILES string of the molecule is C[C@@H]1CN(c2ncc(C(F)(F)F)cc2C(=O)Nc2ccnc(S(C)(=O)=O)c2)CCC1(F)F. The van der Waals surface area contributed by atoms with Crippen molar-refractivity contribution in [2.24, 2.45) is 5.92 Å². The summed E-state index contributed by atoms with van der Waals surface area (Å²) < 4.78 is 90.7. The molecule has 1 aliphatic heterocycles. The number of pyridine rings is 2. The number of carbonyl (C=O) groups is 1. The van der Waals surface area contributed by atoms with Crippen molar-refractivity contribution < 1.29 is 35.2 Å². The lowest BCUT2D eigenvalue weighted by Crippen LogP contribution is -2.46. The number of piperidine rings is 1. The third-order valence-electron chi connectivity index (χ3n) is 5.04. The zero-order valence-electron chi connectivity index (χ0n) is 16.9. The zero-order valence-corrected chi connectivity index (χ0v) is 17.8. The summed E-state index contributed by atoms with van der Waals surface area (Å²) in [7, 11) is -3.70. The lowest BCUT2D eigenvalue weighted by Gasteiger charge is -2.38. The van der Waals surface area contributed by atoms with Gasteiger partial charge in [0.2, 0.25) is 0 Å². The minimum absolute atomic E-state index is 0.0210. The minimum Gasteiger partial charge on any atom is -0.355 e. The largest absolute Gasteiger partial charge is 0.417 e. The highest BCUT2D eigenvalue weighted by atomic mass is 32.2. The molecule has 174 valence electrons. The smallest absolute Gasteiger partial charge is 0.355 e. The average Bonchev–Trinajstić information content (AvgIpc) is 2.68. The summed E-state index contributed by atoms with van der Waals surface area (Å²) in [6.07, 6.45) is -2.77. The molecule has 2 aromatic rings. The normalized spacial score (nSPS) is 19.0. The molecule has 1 amide bonds. The van der Waals surface area contributed by atoms with E-state index in [9.17, 15) is 35.2 Å². The van der Waals surface area contributed by atoms with Gasteiger partial charge < -0.3 is 10.2 Å². The van der Waals surface area contributed by atoms with Crippen LogP contribution in [-0.2, 0) is 16.0 Å². The van der Waals surface area contributed by atoms with E-state index in [1.54, 1.807) is 0 Å². The number of sulfone groups is 1. The second-order valence-corrected chi connectivity index (χ2v) is 9.52. The van der Waals surface area contributed by atoms with Crippen LogP contribution in [-0.4, -0.2) is 49.6 Å². The average molecular weight is 478 g/mol. The molecule has 1 saturated heterocycles. The highest BCUT2D eigenvalue weighted by Crippen LogP contribution is 2.37. The van der Waals surface area contributed by atoms with Crippen molar-refractivity contribution in [1.29, 1.82) is 0 Å². The van der Waals surface area contributed by atoms with Crippen LogP contribution in [0, 0.1) is 5.92 Å². The number of hydrogen-bond donors (Lipinski definition) is 1. The second kappa shape index (κ2) is 8.26. The maximum Gasteiger partial charge on any atom is 0.417 e. The molecule has 0 spiro atoms. The molecule has 0 saturated carbocycles. The van der Waals surface area contributed by atoms with Crippen LogP contribution in [0.1, 0.15) is 29.3 Å². The highest BCUT2D eigenvalue weighted by Gasteiger charge is 2.42. The van der Waals surface area contributed by atoms with E-state index in [0.29, 0.717) is 12.3 Å². The van der Waals surface area contributed by atoms with Crippen LogP contribution >= 0.6 is 0 Å². The van der Waals surface area contributed by atoms with Gasteiger partial charge in [0.15, 0.2) is 14.9 Å². The predicted octanol–water partition coefficient (Wildman–Crippen LogP) is 3.63. The van der Waals surface area contributed by atoms with Gasteiger partial charge in [-0.05, 0) is 18.2 Å². The Morgan fingerprint density at radius 1 is 1.25 bits per heavy atom. The molecule has 0 radical (unpaired) electrons. The van der Waals surface area contributed by atoms with Crippen LogP contribution in [0.25, 0.3) is 0 Å². The third-order valence-corrected chi connectivity index (χ3v) is 6.02. The number of carbonyl (C=O) groups excluding carboxylic acids is 1. The predicted molar refractivity (Wildman–Crippen MR) is 105 cm³/mol. The Balaban J connectivity index is 1.99. The quantitative estimate of drug-likeness (QED) is 0.675. The van der Waals surface area contributed by atoms with Gasteiger partial charge in [-0.3, -0.25) is 4.79 Å². The van der Waals surface area contributed by atoms with E-state index in [2.05, 4.69) is 15.3 Å². The van der Waals surface area contributed by atoms with Gasteiger partial charge in [0, 0.05) is 49.8 Å². The Morgan fingerprint density at radius 2 is 1.94 bits per heavy atom. The van der Waals surface area contributed by atoms with Crippen molar-refractivity contribution in [3.63, 3.8) is 0 Å². The van der Waals surface area contributed by atoms with Crippen molar-refractivity contribution in [2.45, 2.75) is 30.5 Å². The highest BCUT2D eigenvalue weighted by molar-refractivity contribution is 7.90. The van der Waals surface area contributed by atoms with E-state index in [1.807, 2.05) is 0 Å². The number of rotatable bonds is 4. The number of aromatic nitrogens is 2. The fourth-order valence-corrected chi connectivity index (χ4v) is 3.79. The number of nitrogens with one attached hydrogen (secondary N) is 1. The molecule has 1 fully saturated rings. The molecule has 3 heterocycles. The Morgan fingerprint density at radius 3 is 2.53 bits per heavy atom. The van der Waals surface area contributed by atoms with Gasteiger partial charge in [0.1, 0.15) is 5.82 Å². The maximum absolute atomic E-state index is 13.9. The van der Waals surface area contributed by atoms with Crippen molar-refractivity contribution in [2.75, 3.05) is 29.6 Å². The van der Waals surface area contributed by atoms with Crippen molar-refractivity contribution in [3.8, 4) is 0 Å². The topological polar surface area (TPSA) is 92.3 Å². The van der Waals surface area contributed by atoms with E-state index >= 15 is 0 Å². The molecule has 1 atom stereocenters. The number of alkyl halides is 5. The Bertz CT molecular complexity index is 1140. The van der Waals surface area contributed by atoms with Crippen LogP contribution in [0.3, 0.4) is 0 Å². The second-order valence-electron chi connectivity index (χ2n) is 7.56. The first-order valence-corrected chi connectivity index (χ1v) is 11.2. The first-order valence-electron chi connectivity index (χ1n) is 9.36. The molecule has 0 aromatic carbocycles. The Kier molecular flexibility index (Phi) is 6.15. The van der Waals surface area contributed by atoms with E-state index in [0.717, 1.165) is 18.5 Å². The van der Waals surface area contributed by atoms with E-state index < -0.39 is 51.3 Å². The summed E-state index contributed by atoms with van der Waals surface area (Å²) in [6, 6.07) is 2.90. The van der Waals surface area contributed by atoms with Crippen LogP contribution in [0.4, 0.5) is 33.5 Å².